The summed E-state index contributed by atoms with van der Waals surface area (Å²) < 4.78 is 8.04. The van der Waals surface area contributed by atoms with Gasteiger partial charge in [0.15, 0.2) is 11.5 Å². The van der Waals surface area contributed by atoms with Crippen molar-refractivity contribution in [3.05, 3.63) is 74.1 Å². The van der Waals surface area contributed by atoms with E-state index < -0.39 is 0 Å². The molecule has 0 aliphatic rings. The van der Waals surface area contributed by atoms with Gasteiger partial charge in [-0.2, -0.15) is 4.63 Å². The molecule has 2 aromatic heterocycles. The Hall–Kier alpha value is -2.45. The van der Waals surface area contributed by atoms with E-state index in [0.717, 1.165) is 52.7 Å². The van der Waals surface area contributed by atoms with Crippen LogP contribution in [0, 0.1) is 0 Å². The molecule has 1 unspecified atom stereocenters. The van der Waals surface area contributed by atoms with Crippen LogP contribution in [-0.4, -0.2) is 33.0 Å². The first-order chi connectivity index (χ1) is 20.5. The zero-order chi connectivity index (χ0) is 31.0. The quantitative estimate of drug-likeness (QED) is 0.0834. The molecule has 3 N–H and O–H groups in total. The summed E-state index contributed by atoms with van der Waals surface area (Å²) in [5.41, 5.74) is 4.86. The minimum Gasteiger partial charge on any atom is -0.493 e. The third kappa shape index (κ3) is 9.52. The fourth-order valence-electron chi connectivity index (χ4n) is 4.87. The van der Waals surface area contributed by atoms with Crippen LogP contribution in [0.3, 0.4) is 0 Å². The van der Waals surface area contributed by atoms with Crippen LogP contribution in [0.2, 0.25) is 15.1 Å². The zero-order valence-corrected chi connectivity index (χ0v) is 28.3. The molecule has 0 aliphatic carbocycles. The molecule has 0 radical (unpaired) electrons. The van der Waals surface area contributed by atoms with E-state index in [0.29, 0.717) is 34.8 Å². The van der Waals surface area contributed by atoms with Crippen LogP contribution in [0.5, 0.6) is 5.75 Å². The number of hydrogen-bond acceptors (Lipinski definition) is 5. The molecule has 234 valence electrons. The average molecular weight is 648 g/mol. The summed E-state index contributed by atoms with van der Waals surface area (Å²) in [6.45, 7) is 13.5. The first-order valence-electron chi connectivity index (χ1n) is 15.3. The number of nitrogens with zero attached hydrogens (tertiary/aromatic N) is 3. The first-order valence-corrected chi connectivity index (χ1v) is 16.5. The number of nitrogens with one attached hydrogen (secondary N) is 3. The number of hydrogen-bond donors (Lipinski definition) is 3. The van der Waals surface area contributed by atoms with E-state index >= 15 is 0 Å². The average Bonchev–Trinajstić information content (AvgIpc) is 3.55. The lowest BCUT2D eigenvalue weighted by Crippen LogP contribution is -2.21. The molecule has 0 spiro atoms. The van der Waals surface area contributed by atoms with Gasteiger partial charge >= 0.3 is 0 Å². The Morgan fingerprint density at radius 3 is 2.47 bits per heavy atom. The topological polar surface area (TPSA) is 79.3 Å². The van der Waals surface area contributed by atoms with E-state index in [1.54, 1.807) is 10.7 Å². The Balaban J connectivity index is 1.39. The molecule has 0 saturated heterocycles. The maximum atomic E-state index is 6.42. The number of rotatable bonds is 16. The van der Waals surface area contributed by atoms with Crippen LogP contribution in [0.1, 0.15) is 102 Å². The van der Waals surface area contributed by atoms with E-state index in [1.807, 2.05) is 18.2 Å². The molecule has 4 aromatic rings. The van der Waals surface area contributed by atoms with E-state index in [9.17, 15) is 0 Å². The number of aromatic amines is 1. The number of anilines is 1. The maximum absolute atomic E-state index is 6.42. The highest BCUT2D eigenvalue weighted by Gasteiger charge is 2.20. The molecule has 43 heavy (non-hydrogen) atoms. The lowest BCUT2D eigenvalue weighted by Gasteiger charge is -2.16. The van der Waals surface area contributed by atoms with Crippen LogP contribution in [0.4, 0.5) is 5.69 Å². The second-order valence-electron chi connectivity index (χ2n) is 12.3. The first kappa shape index (κ1) is 33.4. The lowest BCUT2D eigenvalue weighted by molar-refractivity contribution is 0.300. The van der Waals surface area contributed by atoms with Gasteiger partial charge in [-0.15, -0.1) is 5.10 Å². The molecular weight excluding hydrogens is 603 g/mol. The van der Waals surface area contributed by atoms with Crippen LogP contribution in [0.15, 0.2) is 36.4 Å². The van der Waals surface area contributed by atoms with E-state index in [1.165, 1.54) is 32.1 Å². The molecule has 10 heteroatoms. The van der Waals surface area contributed by atoms with Crippen molar-refractivity contribution < 1.29 is 4.74 Å². The van der Waals surface area contributed by atoms with Crippen molar-refractivity contribution in [2.75, 3.05) is 18.5 Å². The fourth-order valence-corrected chi connectivity index (χ4v) is 5.58. The number of aromatic nitrogens is 4. The largest absolute Gasteiger partial charge is 0.493 e. The second kappa shape index (κ2) is 15.5. The number of halogens is 3. The highest BCUT2D eigenvalue weighted by molar-refractivity contribution is 6.43. The fraction of sp³-hybridized carbons (Fsp3) is 0.515. The van der Waals surface area contributed by atoms with Gasteiger partial charge < -0.3 is 15.4 Å². The van der Waals surface area contributed by atoms with E-state index in [2.05, 4.69) is 62.5 Å². The minimum absolute atomic E-state index is 0.0153. The molecule has 0 fully saturated rings. The smallest absolute Gasteiger partial charge is 0.175 e. The molecule has 2 heterocycles. The van der Waals surface area contributed by atoms with Gasteiger partial charge in [0.05, 0.1) is 16.7 Å². The van der Waals surface area contributed by atoms with Crippen LogP contribution >= 0.6 is 34.8 Å². The Kier molecular flexibility index (Phi) is 12.1. The lowest BCUT2D eigenvalue weighted by atomic mass is 9.93. The third-order valence-corrected chi connectivity index (χ3v) is 8.59. The highest BCUT2D eigenvalue weighted by atomic mass is 35.5. The van der Waals surface area contributed by atoms with Gasteiger partial charge in [-0.3, -0.25) is 5.10 Å². The molecule has 4 rings (SSSR count). The zero-order valence-electron chi connectivity index (χ0n) is 26.0. The molecule has 0 aliphatic heterocycles. The Labute approximate surface area is 271 Å². The number of ether oxygens (including phenoxy) is 1. The third-order valence-electron chi connectivity index (χ3n) is 7.53. The Morgan fingerprint density at radius 1 is 0.953 bits per heavy atom. The molecule has 0 bridgehead atoms. The second-order valence-corrected chi connectivity index (χ2v) is 13.6. The van der Waals surface area contributed by atoms with Crippen molar-refractivity contribution in [1.29, 1.82) is 0 Å². The van der Waals surface area contributed by atoms with E-state index in [4.69, 9.17) is 49.6 Å². The van der Waals surface area contributed by atoms with Gasteiger partial charge in [0.25, 0.3) is 0 Å². The molecule has 0 amide bonds. The Bertz CT molecular complexity index is 1440. The van der Waals surface area contributed by atoms with Crippen molar-refractivity contribution in [2.45, 2.75) is 97.6 Å². The number of H-pyrrole nitrogens is 1. The summed E-state index contributed by atoms with van der Waals surface area (Å²) in [6.07, 6.45) is 7.36. The summed E-state index contributed by atoms with van der Waals surface area (Å²) in [5.74, 6) is 1.84. The Morgan fingerprint density at radius 2 is 1.72 bits per heavy atom. The van der Waals surface area contributed by atoms with Crippen molar-refractivity contribution in [2.24, 2.45) is 0 Å². The number of unbranched alkanes of at least 4 members (excludes halogenated alkanes) is 5. The number of benzene rings is 2. The van der Waals surface area contributed by atoms with Gasteiger partial charge in [-0.05, 0) is 42.3 Å². The van der Waals surface area contributed by atoms with E-state index in [-0.39, 0.29) is 11.3 Å². The van der Waals surface area contributed by atoms with Crippen molar-refractivity contribution in [3.8, 4) is 5.75 Å². The normalized spacial score (nSPS) is 12.7. The van der Waals surface area contributed by atoms with Crippen LogP contribution in [0.25, 0.3) is 5.65 Å². The molecular formula is C33H45Cl3N6O. The van der Waals surface area contributed by atoms with Gasteiger partial charge in [0.2, 0.25) is 0 Å². The van der Waals surface area contributed by atoms with Crippen LogP contribution in [-0.2, 0) is 18.5 Å². The van der Waals surface area contributed by atoms with Crippen molar-refractivity contribution in [3.63, 3.8) is 0 Å². The standard InChI is InChI=1S/C33H45Cl3N6O/c1-6-7-8-9-10-11-14-43-28-13-12-26(38-21-24-15-25(34)17-27(35)31(24)36)16-23(28)20-37-19-22(2)32-39-30-18-29(33(3,4)5)40-42(30)41-32/h12-13,15-18,22,37-38,40H,6-11,14,19-21H2,1-5H3. The van der Waals surface area contributed by atoms with Gasteiger partial charge in [0.1, 0.15) is 5.75 Å². The molecule has 7 nitrogen and oxygen atoms in total. The predicted molar refractivity (Wildman–Crippen MR) is 180 cm³/mol. The maximum Gasteiger partial charge on any atom is 0.175 e. The summed E-state index contributed by atoms with van der Waals surface area (Å²) >= 11 is 18.9. The summed E-state index contributed by atoms with van der Waals surface area (Å²) in [4.78, 5) is 4.77. The van der Waals surface area contributed by atoms with Crippen molar-refractivity contribution in [1.82, 2.24) is 25.1 Å². The molecule has 1 atom stereocenters. The summed E-state index contributed by atoms with van der Waals surface area (Å²) in [7, 11) is 0. The van der Waals surface area contributed by atoms with Crippen molar-refractivity contribution >= 4 is 46.1 Å². The molecule has 2 aromatic carbocycles. The van der Waals surface area contributed by atoms with Crippen LogP contribution < -0.4 is 15.4 Å². The van der Waals surface area contributed by atoms with Gasteiger partial charge in [0, 0.05) is 59.0 Å². The van der Waals surface area contributed by atoms with Gasteiger partial charge in [-0.1, -0.05) is 102 Å². The summed E-state index contributed by atoms with van der Waals surface area (Å²) in [6, 6.07) is 11.8. The predicted octanol–water partition coefficient (Wildman–Crippen LogP) is 9.56. The molecule has 0 saturated carbocycles. The summed E-state index contributed by atoms with van der Waals surface area (Å²) in [5, 5.41) is 16.6. The highest BCUT2D eigenvalue weighted by Crippen LogP contribution is 2.31. The monoisotopic (exact) mass is 646 g/mol. The number of fused-ring (bicyclic) bond motifs is 1. The minimum atomic E-state index is 0.0153. The SMILES string of the molecule is CCCCCCCCOc1ccc(NCc2cc(Cl)cc(Cl)c2Cl)cc1CNCC(C)c1nc2cc(C(C)(C)C)[nH]n2n1. The van der Waals surface area contributed by atoms with Gasteiger partial charge in [-0.25, -0.2) is 4.98 Å².